The highest BCUT2D eigenvalue weighted by Gasteiger charge is 2.37. The molecule has 0 atom stereocenters. The van der Waals surface area contributed by atoms with Gasteiger partial charge in [0.15, 0.2) is 11.4 Å². The van der Waals surface area contributed by atoms with E-state index in [1.54, 1.807) is 30.3 Å². The second kappa shape index (κ2) is 8.93. The molecule has 0 radical (unpaired) electrons. The van der Waals surface area contributed by atoms with Crippen molar-refractivity contribution in [3.05, 3.63) is 93.9 Å². The first-order valence-corrected chi connectivity index (χ1v) is 10.0. The lowest BCUT2D eigenvalue weighted by Crippen LogP contribution is -2.19. The summed E-state index contributed by atoms with van der Waals surface area (Å²) in [6, 6.07) is 11.5. The third kappa shape index (κ3) is 5.05. The van der Waals surface area contributed by atoms with Crippen molar-refractivity contribution >= 4 is 0 Å². The molecule has 0 aliphatic rings. The molecule has 182 valence electrons. The standard InChI is InChI=1S/C23H16F6N4O2/c1-35-19-13-32(12-14-9-15(22(24,25)26)11-16(10-14)23(27,28)29)31-20(21(19)34)18-7-8-30-33(18)17-5-3-2-4-6-17/h2-11,13H,12H2,1H3. The summed E-state index contributed by atoms with van der Waals surface area (Å²) >= 11 is 0. The normalized spacial score (nSPS) is 12.1. The minimum Gasteiger partial charge on any atom is -0.491 e. The third-order valence-electron chi connectivity index (χ3n) is 5.03. The fourth-order valence-electron chi connectivity index (χ4n) is 3.46. The molecule has 2 aromatic carbocycles. The number of hydrogen-bond donors (Lipinski definition) is 0. The summed E-state index contributed by atoms with van der Waals surface area (Å²) in [5.41, 5.74) is -3.11. The Bertz CT molecular complexity index is 1380. The first-order chi connectivity index (χ1) is 16.5. The van der Waals surface area contributed by atoms with Crippen LogP contribution in [0.2, 0.25) is 0 Å². The highest BCUT2D eigenvalue weighted by Crippen LogP contribution is 2.36. The lowest BCUT2D eigenvalue weighted by atomic mass is 10.0. The van der Waals surface area contributed by atoms with Crippen LogP contribution in [0.5, 0.6) is 5.75 Å². The second-order valence-corrected chi connectivity index (χ2v) is 7.45. The number of benzene rings is 2. The molecule has 0 N–H and O–H groups in total. The average molecular weight is 494 g/mol. The number of aromatic nitrogens is 4. The lowest BCUT2D eigenvalue weighted by molar-refractivity contribution is -0.143. The highest BCUT2D eigenvalue weighted by atomic mass is 19.4. The van der Waals surface area contributed by atoms with Crippen LogP contribution in [0.4, 0.5) is 26.3 Å². The zero-order valence-corrected chi connectivity index (χ0v) is 17.9. The zero-order valence-electron chi connectivity index (χ0n) is 17.9. The second-order valence-electron chi connectivity index (χ2n) is 7.45. The van der Waals surface area contributed by atoms with Gasteiger partial charge in [0, 0.05) is 0 Å². The predicted octanol–water partition coefficient (Wildman–Crippen LogP) is 5.19. The molecule has 2 heterocycles. The van der Waals surface area contributed by atoms with Crippen molar-refractivity contribution in [3.63, 3.8) is 0 Å². The molecule has 0 unspecified atom stereocenters. The summed E-state index contributed by atoms with van der Waals surface area (Å²) < 4.78 is 87.0. The molecule has 0 bridgehead atoms. The molecule has 4 aromatic rings. The van der Waals surface area contributed by atoms with E-state index in [1.807, 2.05) is 0 Å². The number of ether oxygens (including phenoxy) is 1. The Labute approximate surface area is 194 Å². The largest absolute Gasteiger partial charge is 0.491 e. The van der Waals surface area contributed by atoms with Crippen LogP contribution in [0, 0.1) is 0 Å². The Balaban J connectivity index is 1.83. The molecular weight excluding hydrogens is 478 g/mol. The smallest absolute Gasteiger partial charge is 0.416 e. The summed E-state index contributed by atoms with van der Waals surface area (Å²) in [6.07, 6.45) is -7.44. The van der Waals surface area contributed by atoms with E-state index in [4.69, 9.17) is 4.74 Å². The van der Waals surface area contributed by atoms with Gasteiger partial charge < -0.3 is 4.74 Å². The minimum atomic E-state index is -4.99. The summed E-state index contributed by atoms with van der Waals surface area (Å²) in [6.45, 7) is -0.490. The number of hydrogen-bond acceptors (Lipinski definition) is 4. The van der Waals surface area contributed by atoms with Gasteiger partial charge in [-0.1, -0.05) is 18.2 Å². The first kappa shape index (κ1) is 24.0. The van der Waals surface area contributed by atoms with Crippen molar-refractivity contribution in [2.45, 2.75) is 18.9 Å². The maximum atomic E-state index is 13.2. The summed E-state index contributed by atoms with van der Waals surface area (Å²) in [4.78, 5) is 12.9. The van der Waals surface area contributed by atoms with E-state index in [1.165, 1.54) is 24.1 Å². The molecule has 0 aliphatic carbocycles. The number of halogens is 6. The van der Waals surface area contributed by atoms with Crippen molar-refractivity contribution in [2.75, 3.05) is 7.11 Å². The van der Waals surface area contributed by atoms with E-state index in [0.29, 0.717) is 17.8 Å². The van der Waals surface area contributed by atoms with E-state index in [9.17, 15) is 31.1 Å². The quantitative estimate of drug-likeness (QED) is 0.359. The van der Waals surface area contributed by atoms with Crippen molar-refractivity contribution in [2.24, 2.45) is 0 Å². The van der Waals surface area contributed by atoms with Crippen LogP contribution >= 0.6 is 0 Å². The Hall–Kier alpha value is -4.09. The number of para-hydroxylation sites is 1. The van der Waals surface area contributed by atoms with E-state index in [-0.39, 0.29) is 28.8 Å². The van der Waals surface area contributed by atoms with Gasteiger partial charge in [-0.3, -0.25) is 9.48 Å². The molecule has 0 aliphatic heterocycles. The molecule has 6 nitrogen and oxygen atoms in total. The molecule has 2 aromatic heterocycles. The van der Waals surface area contributed by atoms with Crippen LogP contribution in [-0.2, 0) is 18.9 Å². The number of alkyl halides is 6. The maximum Gasteiger partial charge on any atom is 0.416 e. The van der Waals surface area contributed by atoms with Gasteiger partial charge in [0.05, 0.1) is 48.6 Å². The monoisotopic (exact) mass is 494 g/mol. The van der Waals surface area contributed by atoms with Gasteiger partial charge in [0.2, 0.25) is 0 Å². The molecule has 0 spiro atoms. The van der Waals surface area contributed by atoms with Crippen molar-refractivity contribution < 1.29 is 31.1 Å². The zero-order chi connectivity index (χ0) is 25.4. The highest BCUT2D eigenvalue weighted by molar-refractivity contribution is 5.58. The van der Waals surface area contributed by atoms with Crippen LogP contribution in [-0.4, -0.2) is 26.7 Å². The first-order valence-electron chi connectivity index (χ1n) is 10.0. The molecule has 0 fully saturated rings. The van der Waals surface area contributed by atoms with Gasteiger partial charge in [-0.15, -0.1) is 0 Å². The SMILES string of the molecule is COc1cn(Cc2cc(C(F)(F)F)cc(C(F)(F)F)c2)nc(-c2ccnn2-c2ccccc2)c1=O. The fourth-order valence-corrected chi connectivity index (χ4v) is 3.46. The van der Waals surface area contributed by atoms with Crippen molar-refractivity contribution in [1.29, 1.82) is 0 Å². The number of methoxy groups -OCH3 is 1. The van der Waals surface area contributed by atoms with Gasteiger partial charge in [0.1, 0.15) is 0 Å². The minimum absolute atomic E-state index is 0.0484. The molecule has 12 heteroatoms. The van der Waals surface area contributed by atoms with E-state index in [2.05, 4.69) is 10.2 Å². The summed E-state index contributed by atoms with van der Waals surface area (Å²) in [5.74, 6) is -0.196. The van der Waals surface area contributed by atoms with Crippen LogP contribution in [0.15, 0.2) is 71.8 Å². The number of rotatable bonds is 5. The van der Waals surface area contributed by atoms with Gasteiger partial charge in [0.25, 0.3) is 5.43 Å². The lowest BCUT2D eigenvalue weighted by Gasteiger charge is -2.16. The predicted molar refractivity (Wildman–Crippen MR) is 113 cm³/mol. The molecule has 0 amide bonds. The van der Waals surface area contributed by atoms with E-state index in [0.717, 1.165) is 10.9 Å². The maximum absolute atomic E-state index is 13.2. The van der Waals surface area contributed by atoms with E-state index >= 15 is 0 Å². The third-order valence-corrected chi connectivity index (χ3v) is 5.03. The molecule has 0 saturated carbocycles. The van der Waals surface area contributed by atoms with Crippen LogP contribution in [0.25, 0.3) is 17.1 Å². The van der Waals surface area contributed by atoms with Crippen LogP contribution in [0.1, 0.15) is 16.7 Å². The van der Waals surface area contributed by atoms with Gasteiger partial charge >= 0.3 is 12.4 Å². The Kier molecular flexibility index (Phi) is 6.14. The fraction of sp³-hybridized carbons (Fsp3) is 0.174. The molecular formula is C23H16F6N4O2. The molecule has 0 saturated heterocycles. The van der Waals surface area contributed by atoms with Gasteiger partial charge in [-0.05, 0) is 42.0 Å². The number of nitrogens with zero attached hydrogens (tertiary/aromatic N) is 4. The topological polar surface area (TPSA) is 61.9 Å². The molecule has 4 rings (SSSR count). The Morgan fingerprint density at radius 1 is 0.914 bits per heavy atom. The van der Waals surface area contributed by atoms with Gasteiger partial charge in [-0.2, -0.15) is 36.5 Å². The van der Waals surface area contributed by atoms with Crippen molar-refractivity contribution in [3.8, 4) is 22.8 Å². The Morgan fingerprint density at radius 3 is 2.11 bits per heavy atom. The van der Waals surface area contributed by atoms with Crippen LogP contribution in [0.3, 0.4) is 0 Å². The Morgan fingerprint density at radius 2 is 1.54 bits per heavy atom. The average Bonchev–Trinajstić information content (AvgIpc) is 3.29. The van der Waals surface area contributed by atoms with Gasteiger partial charge in [-0.25, -0.2) is 4.68 Å². The van der Waals surface area contributed by atoms with Crippen LogP contribution < -0.4 is 10.2 Å². The summed E-state index contributed by atoms with van der Waals surface area (Å²) in [5, 5.41) is 8.38. The summed E-state index contributed by atoms with van der Waals surface area (Å²) in [7, 11) is 1.21. The van der Waals surface area contributed by atoms with E-state index < -0.39 is 35.5 Å². The molecule has 35 heavy (non-hydrogen) atoms. The van der Waals surface area contributed by atoms with Crippen molar-refractivity contribution in [1.82, 2.24) is 19.6 Å².